The average Bonchev–Trinajstić information content (AvgIpc) is 2.35. The zero-order valence-corrected chi connectivity index (χ0v) is 11.4. The monoisotopic (exact) mass is 240 g/mol. The van der Waals surface area contributed by atoms with Crippen molar-refractivity contribution in [2.45, 2.75) is 64.8 Å². The van der Waals surface area contributed by atoms with Gasteiger partial charge in [0.25, 0.3) is 0 Å². The summed E-state index contributed by atoms with van der Waals surface area (Å²) in [6, 6.07) is 0.182. The fraction of sp³-hybridized carbons (Fsp3) is 0.929. The summed E-state index contributed by atoms with van der Waals surface area (Å²) in [5, 5.41) is 3.12. The van der Waals surface area contributed by atoms with Gasteiger partial charge in [0.05, 0.1) is 0 Å². The highest BCUT2D eigenvalue weighted by molar-refractivity contribution is 5.79. The molecular weight excluding hydrogens is 212 g/mol. The van der Waals surface area contributed by atoms with Crippen molar-refractivity contribution in [3.63, 3.8) is 0 Å². The van der Waals surface area contributed by atoms with Gasteiger partial charge in [-0.1, -0.05) is 26.7 Å². The minimum absolute atomic E-state index is 0.182. The Bertz CT molecular complexity index is 222. The number of amides is 1. The molecule has 100 valence electrons. The number of carbonyl (C=O) groups is 1. The maximum absolute atomic E-state index is 12.1. The van der Waals surface area contributed by atoms with Crippen LogP contribution in [-0.4, -0.2) is 18.5 Å². The van der Waals surface area contributed by atoms with Gasteiger partial charge in [0.2, 0.25) is 5.91 Å². The minimum atomic E-state index is 0.182. The standard InChI is InChI=1S/C14H28N2O/c1-3-4-5-13(10-15)16-14(17)12-8-6-11(2)7-9-12/h11-13H,3-10,15H2,1-2H3,(H,16,17). The van der Waals surface area contributed by atoms with E-state index in [0.29, 0.717) is 6.54 Å². The third kappa shape index (κ3) is 5.07. The van der Waals surface area contributed by atoms with Gasteiger partial charge in [-0.3, -0.25) is 4.79 Å². The molecule has 1 atom stereocenters. The molecule has 3 nitrogen and oxygen atoms in total. The molecular formula is C14H28N2O. The number of nitrogens with two attached hydrogens (primary N) is 1. The molecule has 1 aliphatic carbocycles. The lowest BCUT2D eigenvalue weighted by atomic mass is 9.82. The second-order valence-corrected chi connectivity index (χ2v) is 5.54. The van der Waals surface area contributed by atoms with Crippen molar-refractivity contribution >= 4 is 5.91 Å². The molecule has 1 fully saturated rings. The van der Waals surface area contributed by atoms with Gasteiger partial charge in [-0.25, -0.2) is 0 Å². The van der Waals surface area contributed by atoms with E-state index in [9.17, 15) is 4.79 Å². The van der Waals surface area contributed by atoms with Crippen molar-refractivity contribution in [2.75, 3.05) is 6.54 Å². The van der Waals surface area contributed by atoms with Crippen molar-refractivity contribution in [3.8, 4) is 0 Å². The number of rotatable bonds is 6. The molecule has 0 aromatic heterocycles. The quantitative estimate of drug-likeness (QED) is 0.749. The summed E-state index contributed by atoms with van der Waals surface area (Å²) in [6.07, 6.45) is 7.82. The Morgan fingerprint density at radius 3 is 2.53 bits per heavy atom. The molecule has 0 bridgehead atoms. The summed E-state index contributed by atoms with van der Waals surface area (Å²) in [5.74, 6) is 1.27. The maximum Gasteiger partial charge on any atom is 0.223 e. The summed E-state index contributed by atoms with van der Waals surface area (Å²) in [6.45, 7) is 5.00. The van der Waals surface area contributed by atoms with Gasteiger partial charge >= 0.3 is 0 Å². The predicted octanol–water partition coefficient (Wildman–Crippen LogP) is 2.45. The molecule has 0 radical (unpaired) electrons. The van der Waals surface area contributed by atoms with Crippen molar-refractivity contribution < 1.29 is 4.79 Å². The Morgan fingerprint density at radius 1 is 1.35 bits per heavy atom. The van der Waals surface area contributed by atoms with E-state index in [1.165, 1.54) is 12.8 Å². The van der Waals surface area contributed by atoms with E-state index in [4.69, 9.17) is 5.73 Å². The van der Waals surface area contributed by atoms with Crippen LogP contribution in [0.4, 0.5) is 0 Å². The Hall–Kier alpha value is -0.570. The van der Waals surface area contributed by atoms with Gasteiger partial charge < -0.3 is 11.1 Å². The molecule has 0 aliphatic heterocycles. The van der Waals surface area contributed by atoms with E-state index in [-0.39, 0.29) is 17.9 Å². The smallest absolute Gasteiger partial charge is 0.223 e. The van der Waals surface area contributed by atoms with Crippen molar-refractivity contribution in [3.05, 3.63) is 0 Å². The Kier molecular flexibility index (Phi) is 6.56. The number of carbonyl (C=O) groups excluding carboxylic acids is 1. The van der Waals surface area contributed by atoms with Gasteiger partial charge in [0, 0.05) is 18.5 Å². The highest BCUT2D eigenvalue weighted by atomic mass is 16.1. The summed E-state index contributed by atoms with van der Waals surface area (Å²) in [4.78, 5) is 12.1. The van der Waals surface area contributed by atoms with Crippen LogP contribution in [0.25, 0.3) is 0 Å². The molecule has 3 heteroatoms. The molecule has 1 saturated carbocycles. The van der Waals surface area contributed by atoms with Crippen molar-refractivity contribution in [1.82, 2.24) is 5.32 Å². The largest absolute Gasteiger partial charge is 0.352 e. The fourth-order valence-corrected chi connectivity index (χ4v) is 2.54. The van der Waals surface area contributed by atoms with Crippen LogP contribution >= 0.6 is 0 Å². The molecule has 3 N–H and O–H groups in total. The SMILES string of the molecule is CCCCC(CN)NC(=O)C1CCC(C)CC1. The Morgan fingerprint density at radius 2 is 2.00 bits per heavy atom. The number of hydrogen-bond acceptors (Lipinski definition) is 2. The van der Waals surface area contributed by atoms with Gasteiger partial charge in [-0.05, 0) is 38.0 Å². The second kappa shape index (κ2) is 7.70. The number of unbranched alkanes of at least 4 members (excludes halogenated alkanes) is 1. The van der Waals surface area contributed by atoms with E-state index >= 15 is 0 Å². The summed E-state index contributed by atoms with van der Waals surface area (Å²) in [5.41, 5.74) is 5.70. The molecule has 17 heavy (non-hydrogen) atoms. The molecule has 0 aromatic carbocycles. The van der Waals surface area contributed by atoms with E-state index in [2.05, 4.69) is 19.2 Å². The first-order valence-electron chi connectivity index (χ1n) is 7.17. The van der Waals surface area contributed by atoms with Gasteiger partial charge in [0.15, 0.2) is 0 Å². The Labute approximate surface area is 106 Å². The van der Waals surface area contributed by atoms with Crippen molar-refractivity contribution in [1.29, 1.82) is 0 Å². The number of hydrogen-bond donors (Lipinski definition) is 2. The third-order valence-corrected chi connectivity index (χ3v) is 3.92. The highest BCUT2D eigenvalue weighted by Gasteiger charge is 2.25. The first-order valence-corrected chi connectivity index (χ1v) is 7.17. The lowest BCUT2D eigenvalue weighted by molar-refractivity contribution is -0.126. The molecule has 0 spiro atoms. The average molecular weight is 240 g/mol. The topological polar surface area (TPSA) is 55.1 Å². The van der Waals surface area contributed by atoms with Crippen LogP contribution in [-0.2, 0) is 4.79 Å². The highest BCUT2D eigenvalue weighted by Crippen LogP contribution is 2.28. The normalized spacial score (nSPS) is 26.5. The maximum atomic E-state index is 12.1. The molecule has 1 amide bonds. The first kappa shape index (κ1) is 14.5. The molecule has 1 rings (SSSR count). The van der Waals surface area contributed by atoms with E-state index < -0.39 is 0 Å². The van der Waals surface area contributed by atoms with Crippen LogP contribution in [0.5, 0.6) is 0 Å². The fourth-order valence-electron chi connectivity index (χ4n) is 2.54. The lowest BCUT2D eigenvalue weighted by Crippen LogP contribution is -2.43. The number of nitrogens with one attached hydrogen (secondary N) is 1. The zero-order valence-electron chi connectivity index (χ0n) is 11.4. The van der Waals surface area contributed by atoms with Crippen LogP contribution < -0.4 is 11.1 Å². The van der Waals surface area contributed by atoms with E-state index in [0.717, 1.165) is 38.0 Å². The zero-order chi connectivity index (χ0) is 12.7. The molecule has 0 heterocycles. The van der Waals surface area contributed by atoms with Crippen LogP contribution in [0.2, 0.25) is 0 Å². The first-order chi connectivity index (χ1) is 8.17. The van der Waals surface area contributed by atoms with Crippen LogP contribution in [0, 0.1) is 11.8 Å². The van der Waals surface area contributed by atoms with Gasteiger partial charge in [0.1, 0.15) is 0 Å². The summed E-state index contributed by atoms with van der Waals surface area (Å²) < 4.78 is 0. The van der Waals surface area contributed by atoms with Crippen LogP contribution in [0.3, 0.4) is 0 Å². The van der Waals surface area contributed by atoms with Gasteiger partial charge in [-0.2, -0.15) is 0 Å². The molecule has 0 aromatic rings. The lowest BCUT2D eigenvalue weighted by Gasteiger charge is -2.27. The van der Waals surface area contributed by atoms with E-state index in [1.54, 1.807) is 0 Å². The van der Waals surface area contributed by atoms with Crippen molar-refractivity contribution in [2.24, 2.45) is 17.6 Å². The second-order valence-electron chi connectivity index (χ2n) is 5.54. The molecule has 1 unspecified atom stereocenters. The summed E-state index contributed by atoms with van der Waals surface area (Å²) >= 11 is 0. The minimum Gasteiger partial charge on any atom is -0.352 e. The molecule has 1 aliphatic rings. The Balaban J connectivity index is 2.31. The predicted molar refractivity (Wildman–Crippen MR) is 71.6 cm³/mol. The van der Waals surface area contributed by atoms with Crippen LogP contribution in [0.15, 0.2) is 0 Å². The summed E-state index contributed by atoms with van der Waals surface area (Å²) in [7, 11) is 0. The molecule has 0 saturated heterocycles. The third-order valence-electron chi connectivity index (χ3n) is 3.92. The van der Waals surface area contributed by atoms with E-state index in [1.807, 2.05) is 0 Å². The van der Waals surface area contributed by atoms with Crippen LogP contribution in [0.1, 0.15) is 58.8 Å². The van der Waals surface area contributed by atoms with Gasteiger partial charge in [-0.15, -0.1) is 0 Å².